The van der Waals surface area contributed by atoms with Gasteiger partial charge in [-0.15, -0.1) is 0 Å². The van der Waals surface area contributed by atoms with Gasteiger partial charge in [0.1, 0.15) is 5.75 Å². The van der Waals surface area contributed by atoms with Gasteiger partial charge in [0.05, 0.1) is 11.0 Å². The molecule has 0 amide bonds. The zero-order valence-electron chi connectivity index (χ0n) is 15.4. The molecule has 0 saturated heterocycles. The lowest BCUT2D eigenvalue weighted by Crippen LogP contribution is -1.98. The van der Waals surface area contributed by atoms with Crippen LogP contribution in [0, 0.1) is 0 Å². The van der Waals surface area contributed by atoms with Crippen molar-refractivity contribution in [1.82, 2.24) is 9.55 Å². The third-order valence-corrected chi connectivity index (χ3v) is 4.63. The molecule has 0 unspecified atom stereocenters. The van der Waals surface area contributed by atoms with Gasteiger partial charge in [0.25, 0.3) is 0 Å². The molecule has 1 aromatic heterocycles. The maximum Gasteiger partial charge on any atom is 0.230 e. The van der Waals surface area contributed by atoms with E-state index in [2.05, 4.69) is 27.5 Å². The first-order valence-corrected chi connectivity index (χ1v) is 9.57. The van der Waals surface area contributed by atoms with E-state index in [0.717, 1.165) is 24.0 Å². The number of phenolic OH excluding ortho intramolecular Hbond substituents is 1. The minimum atomic E-state index is 0.231. The van der Waals surface area contributed by atoms with Crippen molar-refractivity contribution in [1.29, 1.82) is 0 Å². The lowest BCUT2D eigenvalue weighted by Gasteiger charge is -2.07. The number of aromatic nitrogens is 2. The van der Waals surface area contributed by atoms with Gasteiger partial charge in [-0.25, -0.2) is 9.98 Å². The molecule has 4 heteroatoms. The lowest BCUT2D eigenvalue weighted by molar-refractivity contribution is 0.474. The molecule has 1 N–H and O–H groups in total. The molecule has 26 heavy (non-hydrogen) atoms. The van der Waals surface area contributed by atoms with Crippen LogP contribution in [-0.2, 0) is 6.54 Å². The van der Waals surface area contributed by atoms with Gasteiger partial charge >= 0.3 is 0 Å². The van der Waals surface area contributed by atoms with Crippen LogP contribution >= 0.6 is 0 Å². The molecule has 3 aromatic rings. The number of phenols is 1. The van der Waals surface area contributed by atoms with Crippen LogP contribution in [0.3, 0.4) is 0 Å². The highest BCUT2D eigenvalue weighted by molar-refractivity contribution is 5.86. The molecule has 136 valence electrons. The highest BCUT2D eigenvalue weighted by Crippen LogP contribution is 2.23. The number of rotatable bonds is 9. The standard InChI is InChI=1S/C22H27N3O/c1-2-3-4-5-6-11-16-25-20-14-9-8-13-19(20)24-22(25)23-17-18-12-7-10-15-21(18)26/h7-10,12-15,17,26H,2-6,11,16H2,1H3/b23-17+. The number of benzene rings is 2. The SMILES string of the molecule is CCCCCCCCn1c(/N=C/c2ccccc2O)nc2ccccc21. The number of imidazole rings is 1. The minimum absolute atomic E-state index is 0.231. The predicted molar refractivity (Wildman–Crippen MR) is 108 cm³/mol. The van der Waals surface area contributed by atoms with Crippen molar-refractivity contribution in [3.8, 4) is 5.75 Å². The van der Waals surface area contributed by atoms with Gasteiger partial charge < -0.3 is 9.67 Å². The number of hydrogen-bond donors (Lipinski definition) is 1. The summed E-state index contributed by atoms with van der Waals surface area (Å²) in [5, 5.41) is 9.92. The third kappa shape index (κ3) is 4.51. The molecular formula is C22H27N3O. The normalized spacial score (nSPS) is 11.6. The highest BCUT2D eigenvalue weighted by Gasteiger charge is 2.09. The van der Waals surface area contributed by atoms with Crippen LogP contribution in [0.2, 0.25) is 0 Å². The molecule has 2 aromatic carbocycles. The number of aryl methyl sites for hydroxylation is 1. The molecule has 0 fully saturated rings. The molecule has 3 rings (SSSR count). The first-order chi connectivity index (χ1) is 12.8. The van der Waals surface area contributed by atoms with Crippen LogP contribution < -0.4 is 0 Å². The Balaban J connectivity index is 1.77. The summed E-state index contributed by atoms with van der Waals surface area (Å²) >= 11 is 0. The van der Waals surface area contributed by atoms with Crippen LogP contribution in [0.1, 0.15) is 51.0 Å². The Morgan fingerprint density at radius 2 is 1.69 bits per heavy atom. The van der Waals surface area contributed by atoms with Crippen molar-refractivity contribution in [3.05, 3.63) is 54.1 Å². The first-order valence-electron chi connectivity index (χ1n) is 9.57. The Hall–Kier alpha value is -2.62. The van der Waals surface area contributed by atoms with Crippen molar-refractivity contribution in [2.75, 3.05) is 0 Å². The second-order valence-corrected chi connectivity index (χ2v) is 6.64. The summed E-state index contributed by atoms with van der Waals surface area (Å²) in [5.74, 6) is 0.929. The number of aliphatic imine (C=N–C) groups is 1. The smallest absolute Gasteiger partial charge is 0.230 e. The van der Waals surface area contributed by atoms with Crippen molar-refractivity contribution < 1.29 is 5.11 Å². The van der Waals surface area contributed by atoms with Crippen LogP contribution in [0.25, 0.3) is 11.0 Å². The van der Waals surface area contributed by atoms with E-state index in [9.17, 15) is 5.11 Å². The van der Waals surface area contributed by atoms with Crippen molar-refractivity contribution in [3.63, 3.8) is 0 Å². The fourth-order valence-corrected chi connectivity index (χ4v) is 3.16. The number of para-hydroxylation sites is 3. The maximum absolute atomic E-state index is 9.92. The van der Waals surface area contributed by atoms with Gasteiger partial charge in [0, 0.05) is 18.3 Å². The summed E-state index contributed by atoms with van der Waals surface area (Å²) in [5.41, 5.74) is 2.78. The predicted octanol–water partition coefficient (Wildman–Crippen LogP) is 5.85. The van der Waals surface area contributed by atoms with E-state index >= 15 is 0 Å². The summed E-state index contributed by atoms with van der Waals surface area (Å²) in [4.78, 5) is 9.24. The number of hydrogen-bond acceptors (Lipinski definition) is 3. The number of aromatic hydroxyl groups is 1. The highest BCUT2D eigenvalue weighted by atomic mass is 16.3. The Morgan fingerprint density at radius 1 is 0.962 bits per heavy atom. The Bertz CT molecular complexity index is 867. The number of fused-ring (bicyclic) bond motifs is 1. The van der Waals surface area contributed by atoms with E-state index in [0.29, 0.717) is 11.5 Å². The fourth-order valence-electron chi connectivity index (χ4n) is 3.16. The Labute approximate surface area is 155 Å². The van der Waals surface area contributed by atoms with Crippen LogP contribution in [-0.4, -0.2) is 20.9 Å². The summed E-state index contributed by atoms with van der Waals surface area (Å²) < 4.78 is 2.19. The van der Waals surface area contributed by atoms with Gasteiger partial charge in [-0.05, 0) is 30.7 Å². The molecule has 4 nitrogen and oxygen atoms in total. The Morgan fingerprint density at radius 3 is 2.54 bits per heavy atom. The lowest BCUT2D eigenvalue weighted by atomic mass is 10.1. The fraction of sp³-hybridized carbons (Fsp3) is 0.364. The second kappa shape index (κ2) is 9.18. The minimum Gasteiger partial charge on any atom is -0.507 e. The molecule has 0 aliphatic heterocycles. The second-order valence-electron chi connectivity index (χ2n) is 6.64. The van der Waals surface area contributed by atoms with Gasteiger partial charge in [-0.1, -0.05) is 63.3 Å². The zero-order valence-corrected chi connectivity index (χ0v) is 15.4. The summed E-state index contributed by atoms with van der Waals surface area (Å²) in [6.45, 7) is 3.16. The molecular weight excluding hydrogens is 322 g/mol. The summed E-state index contributed by atoms with van der Waals surface area (Å²) in [6, 6.07) is 15.4. The summed E-state index contributed by atoms with van der Waals surface area (Å²) in [6.07, 6.45) is 9.25. The Kier molecular flexibility index (Phi) is 6.42. The number of unbranched alkanes of at least 4 members (excludes halogenated alkanes) is 5. The van der Waals surface area contributed by atoms with E-state index in [-0.39, 0.29) is 5.75 Å². The van der Waals surface area contributed by atoms with Crippen molar-refractivity contribution in [2.45, 2.75) is 52.0 Å². The third-order valence-electron chi connectivity index (χ3n) is 4.63. The van der Waals surface area contributed by atoms with Gasteiger partial charge in [0.2, 0.25) is 5.95 Å². The average molecular weight is 349 g/mol. The van der Waals surface area contributed by atoms with Crippen molar-refractivity contribution in [2.24, 2.45) is 4.99 Å². The van der Waals surface area contributed by atoms with Crippen LogP contribution in [0.5, 0.6) is 5.75 Å². The number of nitrogens with zero attached hydrogens (tertiary/aromatic N) is 3. The monoisotopic (exact) mass is 349 g/mol. The van der Waals surface area contributed by atoms with Crippen LogP contribution in [0.15, 0.2) is 53.5 Å². The van der Waals surface area contributed by atoms with Crippen LogP contribution in [0.4, 0.5) is 5.95 Å². The molecule has 0 aliphatic rings. The van der Waals surface area contributed by atoms with E-state index in [1.165, 1.54) is 32.1 Å². The molecule has 0 atom stereocenters. The van der Waals surface area contributed by atoms with Gasteiger partial charge in [-0.2, -0.15) is 0 Å². The largest absolute Gasteiger partial charge is 0.507 e. The molecule has 0 bridgehead atoms. The molecule has 0 saturated carbocycles. The first kappa shape index (κ1) is 18.2. The quantitative estimate of drug-likeness (QED) is 0.389. The molecule has 0 spiro atoms. The van der Waals surface area contributed by atoms with Gasteiger partial charge in [-0.3, -0.25) is 0 Å². The van der Waals surface area contributed by atoms with E-state index < -0.39 is 0 Å². The average Bonchev–Trinajstić information content (AvgIpc) is 3.01. The topological polar surface area (TPSA) is 50.4 Å². The molecule has 0 radical (unpaired) electrons. The maximum atomic E-state index is 9.92. The van der Waals surface area contributed by atoms with E-state index in [1.807, 2.05) is 30.3 Å². The van der Waals surface area contributed by atoms with E-state index in [1.54, 1.807) is 18.3 Å². The summed E-state index contributed by atoms with van der Waals surface area (Å²) in [7, 11) is 0. The molecule has 1 heterocycles. The van der Waals surface area contributed by atoms with E-state index in [4.69, 9.17) is 0 Å². The molecule has 0 aliphatic carbocycles. The van der Waals surface area contributed by atoms with Crippen molar-refractivity contribution >= 4 is 23.2 Å². The van der Waals surface area contributed by atoms with Gasteiger partial charge in [0.15, 0.2) is 0 Å². The zero-order chi connectivity index (χ0) is 18.2.